The molecule has 0 radical (unpaired) electrons. The van der Waals surface area contributed by atoms with Crippen LogP contribution in [0.25, 0.3) is 5.69 Å². The molecule has 0 unspecified atom stereocenters. The molecule has 0 aliphatic carbocycles. The molecule has 0 spiro atoms. The van der Waals surface area contributed by atoms with Gasteiger partial charge in [0.25, 0.3) is 5.69 Å². The second kappa shape index (κ2) is 7.49. The van der Waals surface area contributed by atoms with Crippen LogP contribution in [0.4, 0.5) is 5.69 Å². The van der Waals surface area contributed by atoms with Crippen LogP contribution in [0.5, 0.6) is 0 Å². The Balaban J connectivity index is 1.87. The van der Waals surface area contributed by atoms with Gasteiger partial charge in [0, 0.05) is 18.2 Å². The van der Waals surface area contributed by atoms with E-state index >= 15 is 0 Å². The monoisotopic (exact) mass is 401 g/mol. The number of benzene rings is 2. The third-order valence-corrected chi connectivity index (χ3v) is 6.18. The van der Waals surface area contributed by atoms with E-state index in [2.05, 4.69) is 14.8 Å². The normalized spacial score (nSPS) is 12.7. The summed E-state index contributed by atoms with van der Waals surface area (Å²) in [5.74, 6) is 0. The first-order chi connectivity index (χ1) is 13.2. The van der Waals surface area contributed by atoms with Crippen molar-refractivity contribution in [3.8, 4) is 5.69 Å². The molecule has 0 fully saturated rings. The van der Waals surface area contributed by atoms with Crippen molar-refractivity contribution in [3.63, 3.8) is 0 Å². The number of non-ortho nitro benzene ring substituents is 1. The molecule has 1 heterocycles. The van der Waals surface area contributed by atoms with Crippen molar-refractivity contribution in [1.29, 1.82) is 0 Å². The molecule has 9 nitrogen and oxygen atoms in total. The molecule has 2 aromatic carbocycles. The number of nitrogens with one attached hydrogen (secondary N) is 1. The highest BCUT2D eigenvalue weighted by molar-refractivity contribution is 7.89. The van der Waals surface area contributed by atoms with Crippen LogP contribution in [0.1, 0.15) is 29.7 Å². The largest absolute Gasteiger partial charge is 0.271 e. The molecule has 0 saturated heterocycles. The summed E-state index contributed by atoms with van der Waals surface area (Å²) in [4.78, 5) is 14.3. The van der Waals surface area contributed by atoms with Crippen molar-refractivity contribution in [2.24, 2.45) is 0 Å². The van der Waals surface area contributed by atoms with Gasteiger partial charge in [-0.2, -0.15) is 5.10 Å². The zero-order chi connectivity index (χ0) is 20.5. The SMILES string of the molecule is Cc1cc([N+](=O)[O-])cc(S(=O)(=O)N[C@H](C)c2ccc(-n3cncn3)cc2)c1C. The summed E-state index contributed by atoms with van der Waals surface area (Å²) in [5.41, 5.74) is 2.30. The third-order valence-electron chi connectivity index (χ3n) is 4.51. The van der Waals surface area contributed by atoms with Gasteiger partial charge in [-0.1, -0.05) is 12.1 Å². The summed E-state index contributed by atoms with van der Waals surface area (Å²) >= 11 is 0. The van der Waals surface area contributed by atoms with E-state index in [4.69, 9.17) is 0 Å². The average Bonchev–Trinajstić information content (AvgIpc) is 3.18. The van der Waals surface area contributed by atoms with Crippen molar-refractivity contribution < 1.29 is 13.3 Å². The zero-order valence-corrected chi connectivity index (χ0v) is 16.3. The van der Waals surface area contributed by atoms with Crippen LogP contribution in [-0.2, 0) is 10.0 Å². The third kappa shape index (κ3) is 3.92. The summed E-state index contributed by atoms with van der Waals surface area (Å²) in [6, 6.07) is 9.10. The molecule has 0 aliphatic rings. The molecule has 0 saturated carbocycles. The summed E-state index contributed by atoms with van der Waals surface area (Å²) in [5, 5.41) is 15.1. The molecule has 146 valence electrons. The number of aryl methyl sites for hydroxylation is 1. The summed E-state index contributed by atoms with van der Waals surface area (Å²) in [6.07, 6.45) is 2.99. The van der Waals surface area contributed by atoms with Crippen LogP contribution in [0.2, 0.25) is 0 Å². The Morgan fingerprint density at radius 1 is 1.18 bits per heavy atom. The molecule has 3 aromatic rings. The first kappa shape index (κ1) is 19.6. The number of nitrogens with zero attached hydrogens (tertiary/aromatic N) is 4. The lowest BCUT2D eigenvalue weighted by Crippen LogP contribution is -2.27. The molecule has 1 atom stereocenters. The fourth-order valence-corrected chi connectivity index (χ4v) is 4.38. The van der Waals surface area contributed by atoms with Gasteiger partial charge in [0.05, 0.1) is 15.5 Å². The molecule has 10 heteroatoms. The predicted octanol–water partition coefficient (Wildman–Crippen LogP) is 2.83. The Morgan fingerprint density at radius 3 is 2.43 bits per heavy atom. The topological polar surface area (TPSA) is 120 Å². The number of sulfonamides is 1. The van der Waals surface area contributed by atoms with Gasteiger partial charge >= 0.3 is 0 Å². The average molecular weight is 401 g/mol. The van der Waals surface area contributed by atoms with Crippen LogP contribution >= 0.6 is 0 Å². The van der Waals surface area contributed by atoms with Gasteiger partial charge in [0.1, 0.15) is 12.7 Å². The molecular formula is C18H19N5O4S. The Labute approximate surface area is 162 Å². The van der Waals surface area contributed by atoms with E-state index < -0.39 is 21.0 Å². The maximum Gasteiger partial charge on any atom is 0.271 e. The number of nitro groups is 1. The highest BCUT2D eigenvalue weighted by atomic mass is 32.2. The van der Waals surface area contributed by atoms with Crippen molar-refractivity contribution in [3.05, 3.63) is 75.9 Å². The number of hydrogen-bond donors (Lipinski definition) is 1. The fraction of sp³-hybridized carbons (Fsp3) is 0.222. The highest BCUT2D eigenvalue weighted by Gasteiger charge is 2.24. The number of aromatic nitrogens is 3. The minimum absolute atomic E-state index is 0.0923. The van der Waals surface area contributed by atoms with Crippen LogP contribution in [0.3, 0.4) is 0 Å². The van der Waals surface area contributed by atoms with E-state index in [1.165, 1.54) is 12.4 Å². The molecule has 0 aliphatic heterocycles. The van der Waals surface area contributed by atoms with E-state index in [1.807, 2.05) is 0 Å². The molecule has 3 rings (SSSR count). The van der Waals surface area contributed by atoms with Crippen LogP contribution in [-0.4, -0.2) is 28.1 Å². The lowest BCUT2D eigenvalue weighted by atomic mass is 10.1. The zero-order valence-electron chi connectivity index (χ0n) is 15.5. The lowest BCUT2D eigenvalue weighted by molar-refractivity contribution is -0.385. The lowest BCUT2D eigenvalue weighted by Gasteiger charge is -2.17. The van der Waals surface area contributed by atoms with E-state index in [0.29, 0.717) is 11.1 Å². The Bertz CT molecular complexity index is 1110. The highest BCUT2D eigenvalue weighted by Crippen LogP contribution is 2.27. The van der Waals surface area contributed by atoms with Crippen molar-refractivity contribution in [2.75, 3.05) is 0 Å². The van der Waals surface area contributed by atoms with Crippen molar-refractivity contribution >= 4 is 15.7 Å². The quantitative estimate of drug-likeness (QED) is 0.501. The Hall–Kier alpha value is -3.11. The molecule has 0 bridgehead atoms. The van der Waals surface area contributed by atoms with Crippen molar-refractivity contribution in [2.45, 2.75) is 31.7 Å². The van der Waals surface area contributed by atoms with E-state index in [1.54, 1.807) is 56.0 Å². The molecule has 0 amide bonds. The summed E-state index contributed by atoms with van der Waals surface area (Å²) in [6.45, 7) is 4.99. The van der Waals surface area contributed by atoms with Crippen molar-refractivity contribution in [1.82, 2.24) is 19.5 Å². The second-order valence-corrected chi connectivity index (χ2v) is 8.10. The minimum Gasteiger partial charge on any atom is -0.258 e. The molecule has 1 N–H and O–H groups in total. The number of hydrogen-bond acceptors (Lipinski definition) is 6. The smallest absolute Gasteiger partial charge is 0.258 e. The van der Waals surface area contributed by atoms with Crippen LogP contribution < -0.4 is 4.72 Å². The van der Waals surface area contributed by atoms with Gasteiger partial charge in [0.15, 0.2) is 0 Å². The van der Waals surface area contributed by atoms with Gasteiger partial charge in [-0.15, -0.1) is 0 Å². The number of rotatable bonds is 6. The summed E-state index contributed by atoms with van der Waals surface area (Å²) < 4.78 is 29.9. The van der Waals surface area contributed by atoms with E-state index in [9.17, 15) is 18.5 Å². The standard InChI is InChI=1S/C18H19N5O4S/c1-12-8-17(23(24)25)9-18(13(12)2)28(26,27)21-14(3)15-4-6-16(7-5-15)22-11-19-10-20-22/h4-11,14,21H,1-3H3/t14-/m1/s1. The Kier molecular flexibility index (Phi) is 5.25. The van der Waals surface area contributed by atoms with E-state index in [-0.39, 0.29) is 10.6 Å². The molecule has 28 heavy (non-hydrogen) atoms. The second-order valence-electron chi connectivity index (χ2n) is 6.42. The molecule has 1 aromatic heterocycles. The first-order valence-electron chi connectivity index (χ1n) is 8.42. The van der Waals surface area contributed by atoms with Crippen LogP contribution in [0.15, 0.2) is 53.9 Å². The van der Waals surface area contributed by atoms with Gasteiger partial charge in [0.2, 0.25) is 10.0 Å². The predicted molar refractivity (Wildman–Crippen MR) is 103 cm³/mol. The summed E-state index contributed by atoms with van der Waals surface area (Å²) in [7, 11) is -3.95. The maximum absolute atomic E-state index is 12.9. The van der Waals surface area contributed by atoms with Gasteiger partial charge in [-0.05, 0) is 49.6 Å². The fourth-order valence-electron chi connectivity index (χ4n) is 2.81. The van der Waals surface area contributed by atoms with Crippen LogP contribution in [0, 0.1) is 24.0 Å². The van der Waals surface area contributed by atoms with Gasteiger partial charge in [-0.25, -0.2) is 22.8 Å². The Morgan fingerprint density at radius 2 is 1.86 bits per heavy atom. The number of nitro benzene ring substituents is 1. The molecular weight excluding hydrogens is 382 g/mol. The van der Waals surface area contributed by atoms with E-state index in [0.717, 1.165) is 17.3 Å². The first-order valence-corrected chi connectivity index (χ1v) is 9.90. The minimum atomic E-state index is -3.95. The van der Waals surface area contributed by atoms with Gasteiger partial charge < -0.3 is 0 Å². The van der Waals surface area contributed by atoms with Gasteiger partial charge in [-0.3, -0.25) is 10.1 Å². The maximum atomic E-state index is 12.9.